The fraction of sp³-hybridized carbons (Fsp3) is 0.533. The Bertz CT molecular complexity index is 619. The molecule has 0 aliphatic carbocycles. The minimum Gasteiger partial charge on any atom is -0.486 e. The highest BCUT2D eigenvalue weighted by Gasteiger charge is 2.24. The van der Waals surface area contributed by atoms with E-state index in [0.717, 1.165) is 25.9 Å². The molecule has 2 aliphatic rings. The van der Waals surface area contributed by atoms with E-state index in [2.05, 4.69) is 10.6 Å². The van der Waals surface area contributed by atoms with Gasteiger partial charge in [-0.2, -0.15) is 0 Å². The largest absolute Gasteiger partial charge is 0.486 e. The maximum absolute atomic E-state index is 12.2. The lowest BCUT2D eigenvalue weighted by molar-refractivity contribution is -0.385. The zero-order chi connectivity index (χ0) is 16.2. The highest BCUT2D eigenvalue weighted by Crippen LogP contribution is 2.36. The molecule has 3 rings (SSSR count). The van der Waals surface area contributed by atoms with Crippen molar-refractivity contribution in [3.05, 3.63) is 27.8 Å². The summed E-state index contributed by atoms with van der Waals surface area (Å²) in [6.45, 7) is 2.44. The van der Waals surface area contributed by atoms with Crippen LogP contribution in [0.5, 0.6) is 11.5 Å². The first-order valence-electron chi connectivity index (χ1n) is 7.70. The molecular weight excluding hydrogens is 338 g/mol. The van der Waals surface area contributed by atoms with Crippen LogP contribution in [0.15, 0.2) is 12.1 Å². The van der Waals surface area contributed by atoms with Gasteiger partial charge in [0.2, 0.25) is 5.91 Å². The van der Waals surface area contributed by atoms with E-state index in [4.69, 9.17) is 9.47 Å². The molecule has 2 heterocycles. The van der Waals surface area contributed by atoms with Gasteiger partial charge in [-0.05, 0) is 25.5 Å². The number of ether oxygens (including phenoxy) is 2. The van der Waals surface area contributed by atoms with Gasteiger partial charge in [0.05, 0.1) is 17.4 Å². The topological polar surface area (TPSA) is 103 Å². The highest BCUT2D eigenvalue weighted by molar-refractivity contribution is 5.85. The Kier molecular flexibility index (Phi) is 6.22. The first-order chi connectivity index (χ1) is 11.1. The van der Waals surface area contributed by atoms with Gasteiger partial charge in [-0.3, -0.25) is 14.9 Å². The number of nitro groups is 1. The van der Waals surface area contributed by atoms with E-state index >= 15 is 0 Å². The quantitative estimate of drug-likeness (QED) is 0.620. The first kappa shape index (κ1) is 18.3. The first-order valence-corrected chi connectivity index (χ1v) is 7.70. The number of carbonyl (C=O) groups excluding carboxylic acids is 1. The number of carbonyl (C=O) groups is 1. The number of hydrogen-bond acceptors (Lipinski definition) is 6. The molecule has 9 heteroatoms. The van der Waals surface area contributed by atoms with E-state index in [9.17, 15) is 14.9 Å². The van der Waals surface area contributed by atoms with Crippen molar-refractivity contribution in [1.29, 1.82) is 0 Å². The van der Waals surface area contributed by atoms with Crippen LogP contribution in [-0.2, 0) is 11.2 Å². The second kappa shape index (κ2) is 8.16. The average Bonchev–Trinajstić information content (AvgIpc) is 2.55. The van der Waals surface area contributed by atoms with Crippen molar-refractivity contribution in [1.82, 2.24) is 10.6 Å². The summed E-state index contributed by atoms with van der Waals surface area (Å²) < 4.78 is 10.8. The molecular formula is C15H20ClN3O5. The van der Waals surface area contributed by atoms with Gasteiger partial charge < -0.3 is 20.1 Å². The molecule has 1 fully saturated rings. The monoisotopic (exact) mass is 357 g/mol. The Hall–Kier alpha value is -2.06. The number of fused-ring (bicyclic) bond motifs is 1. The minimum atomic E-state index is -0.497. The number of nitrogens with one attached hydrogen (secondary N) is 2. The van der Waals surface area contributed by atoms with Crippen molar-refractivity contribution in [2.75, 3.05) is 26.3 Å². The van der Waals surface area contributed by atoms with E-state index in [-0.39, 0.29) is 36.5 Å². The second-order valence-electron chi connectivity index (χ2n) is 5.67. The van der Waals surface area contributed by atoms with Gasteiger partial charge in [0.1, 0.15) is 13.2 Å². The summed E-state index contributed by atoms with van der Waals surface area (Å²) in [5.74, 6) is 0.575. The van der Waals surface area contributed by atoms with E-state index in [1.165, 1.54) is 12.1 Å². The van der Waals surface area contributed by atoms with Crippen molar-refractivity contribution >= 4 is 24.0 Å². The van der Waals surface area contributed by atoms with Crippen molar-refractivity contribution in [2.45, 2.75) is 25.3 Å². The molecule has 0 aromatic heterocycles. The van der Waals surface area contributed by atoms with E-state index in [1.54, 1.807) is 0 Å². The summed E-state index contributed by atoms with van der Waals surface area (Å²) in [4.78, 5) is 22.9. The van der Waals surface area contributed by atoms with Gasteiger partial charge in [-0.15, -0.1) is 12.4 Å². The molecule has 2 aliphatic heterocycles. The third-order valence-electron chi connectivity index (χ3n) is 3.95. The fourth-order valence-corrected chi connectivity index (χ4v) is 2.86. The van der Waals surface area contributed by atoms with Crippen LogP contribution >= 0.6 is 12.4 Å². The number of nitro benzene ring substituents is 1. The van der Waals surface area contributed by atoms with Gasteiger partial charge in [0.25, 0.3) is 5.69 Å². The van der Waals surface area contributed by atoms with Gasteiger partial charge in [0, 0.05) is 18.2 Å². The van der Waals surface area contributed by atoms with Crippen LogP contribution in [0.2, 0.25) is 0 Å². The minimum absolute atomic E-state index is 0. The summed E-state index contributed by atoms with van der Waals surface area (Å²) in [5.41, 5.74) is 0.215. The number of halogens is 1. The molecule has 0 spiro atoms. The average molecular weight is 358 g/mol. The zero-order valence-corrected chi connectivity index (χ0v) is 13.9. The molecule has 0 unspecified atom stereocenters. The number of rotatable bonds is 4. The lowest BCUT2D eigenvalue weighted by Crippen LogP contribution is -2.46. The van der Waals surface area contributed by atoms with Crippen LogP contribution < -0.4 is 20.1 Å². The van der Waals surface area contributed by atoms with Crippen molar-refractivity contribution in [3.8, 4) is 11.5 Å². The molecule has 1 saturated heterocycles. The van der Waals surface area contributed by atoms with Gasteiger partial charge in [-0.25, -0.2) is 0 Å². The smallest absolute Gasteiger partial charge is 0.277 e. The van der Waals surface area contributed by atoms with Gasteiger partial charge in [-0.1, -0.05) is 0 Å². The van der Waals surface area contributed by atoms with Crippen molar-refractivity contribution in [2.24, 2.45) is 0 Å². The molecule has 132 valence electrons. The molecule has 1 aromatic carbocycles. The molecule has 2 N–H and O–H groups in total. The summed E-state index contributed by atoms with van der Waals surface area (Å²) in [5, 5.41) is 17.4. The van der Waals surface area contributed by atoms with Crippen molar-refractivity contribution in [3.63, 3.8) is 0 Å². The third kappa shape index (κ3) is 4.27. The number of nitrogens with zero attached hydrogens (tertiary/aromatic N) is 1. The summed E-state index contributed by atoms with van der Waals surface area (Å²) >= 11 is 0. The third-order valence-corrected chi connectivity index (χ3v) is 3.95. The Morgan fingerprint density at radius 2 is 2.04 bits per heavy atom. The van der Waals surface area contributed by atoms with Gasteiger partial charge in [0.15, 0.2) is 11.5 Å². The lowest BCUT2D eigenvalue weighted by Gasteiger charge is -2.24. The molecule has 24 heavy (non-hydrogen) atoms. The summed E-state index contributed by atoms with van der Waals surface area (Å²) in [6.07, 6.45) is 1.88. The van der Waals surface area contributed by atoms with Crippen LogP contribution in [0.3, 0.4) is 0 Å². The van der Waals surface area contributed by atoms with E-state index in [0.29, 0.717) is 30.3 Å². The van der Waals surface area contributed by atoms with Gasteiger partial charge >= 0.3 is 0 Å². The number of piperidine rings is 1. The standard InChI is InChI=1S/C15H19N3O5.ClH/c19-15(17-11-2-1-3-16-9-11)7-10-6-13-14(23-5-4-22-13)8-12(10)18(20)21;/h6,8,11,16H,1-5,7,9H2,(H,17,19);1H/t11-;/m0./s1. The Morgan fingerprint density at radius 3 is 2.67 bits per heavy atom. The van der Waals surface area contributed by atoms with E-state index < -0.39 is 4.92 Å². The number of amides is 1. The molecule has 8 nitrogen and oxygen atoms in total. The summed E-state index contributed by atoms with van der Waals surface area (Å²) in [7, 11) is 0. The second-order valence-corrected chi connectivity index (χ2v) is 5.67. The Labute approximate surface area is 145 Å². The fourth-order valence-electron chi connectivity index (χ4n) is 2.86. The molecule has 0 saturated carbocycles. The SMILES string of the molecule is Cl.O=C(Cc1cc2c(cc1[N+](=O)[O-])OCCO2)N[C@H]1CCCNC1. The zero-order valence-electron chi connectivity index (χ0n) is 13.1. The lowest BCUT2D eigenvalue weighted by atomic mass is 10.1. The number of benzene rings is 1. The van der Waals surface area contributed by atoms with Crippen LogP contribution in [-0.4, -0.2) is 43.2 Å². The van der Waals surface area contributed by atoms with Crippen LogP contribution in [0.25, 0.3) is 0 Å². The highest BCUT2D eigenvalue weighted by atomic mass is 35.5. The molecule has 1 amide bonds. The van der Waals surface area contributed by atoms with Crippen LogP contribution in [0.1, 0.15) is 18.4 Å². The molecule has 1 aromatic rings. The predicted molar refractivity (Wildman–Crippen MR) is 89.1 cm³/mol. The molecule has 0 bridgehead atoms. The Morgan fingerprint density at radius 1 is 1.33 bits per heavy atom. The Balaban J connectivity index is 0.00000208. The van der Waals surface area contributed by atoms with Crippen LogP contribution in [0, 0.1) is 10.1 Å². The molecule has 1 atom stereocenters. The van der Waals surface area contributed by atoms with Crippen molar-refractivity contribution < 1.29 is 19.2 Å². The molecule has 0 radical (unpaired) electrons. The maximum Gasteiger partial charge on any atom is 0.277 e. The summed E-state index contributed by atoms with van der Waals surface area (Å²) in [6, 6.07) is 2.94. The van der Waals surface area contributed by atoms with Crippen LogP contribution in [0.4, 0.5) is 5.69 Å². The maximum atomic E-state index is 12.2. The number of hydrogen-bond donors (Lipinski definition) is 2. The van der Waals surface area contributed by atoms with E-state index in [1.807, 2.05) is 0 Å². The normalized spacial score (nSPS) is 19.1. The predicted octanol–water partition coefficient (Wildman–Crippen LogP) is 1.20.